The fourth-order valence-electron chi connectivity index (χ4n) is 2.82. The smallest absolute Gasteiger partial charge is 0.314 e. The molecular weight excluding hydrogens is 378 g/mol. The van der Waals surface area contributed by atoms with Gasteiger partial charge in [-0.15, -0.1) is 15.3 Å². The van der Waals surface area contributed by atoms with Crippen molar-refractivity contribution in [2.75, 3.05) is 19.0 Å². The second-order valence-corrected chi connectivity index (χ2v) is 6.69. The molecule has 0 aliphatic heterocycles. The summed E-state index contributed by atoms with van der Waals surface area (Å²) in [4.78, 5) is 2.03. The van der Waals surface area contributed by atoms with Crippen LogP contribution in [-0.2, 0) is 6.54 Å². The van der Waals surface area contributed by atoms with E-state index in [2.05, 4.69) is 20.5 Å². The molecule has 0 fully saturated rings. The lowest BCUT2D eigenvalue weighted by molar-refractivity contribution is 0.116. The van der Waals surface area contributed by atoms with E-state index in [0.29, 0.717) is 12.1 Å². The van der Waals surface area contributed by atoms with Crippen molar-refractivity contribution in [3.63, 3.8) is 0 Å². The second kappa shape index (κ2) is 7.78. The Hall–Kier alpha value is -3.62. The van der Waals surface area contributed by atoms with E-state index in [1.807, 2.05) is 61.6 Å². The molecule has 9 heteroatoms. The van der Waals surface area contributed by atoms with Gasteiger partial charge in [-0.3, -0.25) is 0 Å². The van der Waals surface area contributed by atoms with Crippen LogP contribution in [0.3, 0.4) is 0 Å². The van der Waals surface area contributed by atoms with Gasteiger partial charge in [0.1, 0.15) is 5.69 Å². The van der Waals surface area contributed by atoms with Crippen LogP contribution in [0.1, 0.15) is 17.9 Å². The molecule has 148 valence electrons. The molecule has 0 amide bonds. The first kappa shape index (κ1) is 18.7. The highest BCUT2D eigenvalue weighted by Gasteiger charge is 2.16. The number of halogens is 2. The van der Waals surface area contributed by atoms with Gasteiger partial charge in [0, 0.05) is 30.9 Å². The zero-order valence-corrected chi connectivity index (χ0v) is 15.8. The van der Waals surface area contributed by atoms with E-state index in [4.69, 9.17) is 4.42 Å². The summed E-state index contributed by atoms with van der Waals surface area (Å²) in [6.45, 7) is 0.523. The van der Waals surface area contributed by atoms with Crippen LogP contribution in [0, 0.1) is 0 Å². The third-order valence-electron chi connectivity index (χ3n) is 4.39. The van der Waals surface area contributed by atoms with Crippen LogP contribution in [0.4, 0.5) is 14.5 Å². The van der Waals surface area contributed by atoms with Gasteiger partial charge in [-0.05, 0) is 29.8 Å². The molecule has 0 aliphatic carbocycles. The van der Waals surface area contributed by atoms with Crippen LogP contribution in [0.2, 0.25) is 0 Å². The molecule has 4 rings (SSSR count). The van der Waals surface area contributed by atoms with Gasteiger partial charge in [0.2, 0.25) is 5.89 Å². The lowest BCUT2D eigenvalue weighted by Crippen LogP contribution is -2.07. The molecule has 4 aromatic rings. The summed E-state index contributed by atoms with van der Waals surface area (Å²) in [6.07, 6.45) is -0.901. The zero-order valence-electron chi connectivity index (χ0n) is 15.8. The van der Waals surface area contributed by atoms with Gasteiger partial charge < -0.3 is 9.32 Å². The van der Waals surface area contributed by atoms with Crippen molar-refractivity contribution in [1.29, 1.82) is 0 Å². The molecule has 0 unspecified atom stereocenters. The molecule has 2 heterocycles. The van der Waals surface area contributed by atoms with E-state index in [-0.39, 0.29) is 5.89 Å². The third-order valence-corrected chi connectivity index (χ3v) is 4.39. The van der Waals surface area contributed by atoms with Gasteiger partial charge >= 0.3 is 6.43 Å². The van der Waals surface area contributed by atoms with Crippen molar-refractivity contribution < 1.29 is 13.2 Å². The molecule has 7 nitrogen and oxygen atoms in total. The maximum absolute atomic E-state index is 12.6. The summed E-state index contributed by atoms with van der Waals surface area (Å²) >= 11 is 0. The van der Waals surface area contributed by atoms with Crippen LogP contribution in [0.5, 0.6) is 0 Å². The Labute approximate surface area is 165 Å². The second-order valence-electron chi connectivity index (χ2n) is 6.69. The minimum absolute atomic E-state index is 0.0658. The zero-order chi connectivity index (χ0) is 20.4. The molecule has 0 spiro atoms. The summed E-state index contributed by atoms with van der Waals surface area (Å²) in [7, 11) is 3.99. The summed E-state index contributed by atoms with van der Waals surface area (Å²) < 4.78 is 31.8. The molecule has 0 radical (unpaired) electrons. The number of nitrogens with zero attached hydrogens (tertiary/aromatic N) is 6. The van der Waals surface area contributed by atoms with Crippen molar-refractivity contribution >= 4 is 5.69 Å². The van der Waals surface area contributed by atoms with E-state index in [9.17, 15) is 8.78 Å². The number of benzene rings is 2. The highest BCUT2D eigenvalue weighted by atomic mass is 19.3. The Kier molecular flexibility index (Phi) is 5.03. The monoisotopic (exact) mass is 396 g/mol. The molecule has 0 N–H and O–H groups in total. The largest absolute Gasteiger partial charge is 0.415 e. The number of aromatic nitrogens is 5. The summed E-state index contributed by atoms with van der Waals surface area (Å²) in [5, 5.41) is 15.4. The predicted octanol–water partition coefficient (Wildman–Crippen LogP) is 4.05. The maximum Gasteiger partial charge on any atom is 0.314 e. The van der Waals surface area contributed by atoms with Crippen LogP contribution < -0.4 is 4.90 Å². The Morgan fingerprint density at radius 1 is 0.931 bits per heavy atom. The number of hydrogen-bond acceptors (Lipinski definition) is 6. The lowest BCUT2D eigenvalue weighted by atomic mass is 10.1. The molecule has 29 heavy (non-hydrogen) atoms. The fourth-order valence-corrected chi connectivity index (χ4v) is 2.82. The standard InChI is InChI=1S/C20H18F2N6O/c1-27(2)16-9-7-14(8-10-16)17-12-28(26-23-17)11-13-3-5-15(6-4-13)19-24-25-20(29-19)18(21)22/h3-10,12,18H,11H2,1-2H3. The van der Waals surface area contributed by atoms with Crippen LogP contribution >= 0.6 is 0 Å². The van der Waals surface area contributed by atoms with Gasteiger partial charge in [0.25, 0.3) is 5.89 Å². The summed E-state index contributed by atoms with van der Waals surface area (Å²) in [5.41, 5.74) is 4.44. The first-order valence-electron chi connectivity index (χ1n) is 8.88. The van der Waals surface area contributed by atoms with E-state index < -0.39 is 12.3 Å². The molecule has 2 aromatic heterocycles. The molecular formula is C20H18F2N6O. The van der Waals surface area contributed by atoms with E-state index in [1.54, 1.807) is 16.8 Å². The predicted molar refractivity (Wildman–Crippen MR) is 104 cm³/mol. The van der Waals surface area contributed by atoms with Gasteiger partial charge in [0.15, 0.2) is 0 Å². The fraction of sp³-hybridized carbons (Fsp3) is 0.200. The van der Waals surface area contributed by atoms with E-state index in [1.165, 1.54) is 0 Å². The van der Waals surface area contributed by atoms with Crippen molar-refractivity contribution in [2.45, 2.75) is 13.0 Å². The van der Waals surface area contributed by atoms with Gasteiger partial charge in [0.05, 0.1) is 12.7 Å². The summed E-state index contributed by atoms with van der Waals surface area (Å²) in [6, 6.07) is 15.3. The van der Waals surface area contributed by atoms with Gasteiger partial charge in [-0.2, -0.15) is 8.78 Å². The van der Waals surface area contributed by atoms with Crippen LogP contribution in [0.15, 0.2) is 59.1 Å². The minimum atomic E-state index is -2.78. The first-order valence-corrected chi connectivity index (χ1v) is 8.88. The molecule has 0 saturated carbocycles. The Morgan fingerprint density at radius 3 is 2.24 bits per heavy atom. The van der Waals surface area contributed by atoms with Gasteiger partial charge in [-0.1, -0.05) is 29.5 Å². The Morgan fingerprint density at radius 2 is 1.62 bits per heavy atom. The molecule has 0 bridgehead atoms. The number of alkyl halides is 2. The third kappa shape index (κ3) is 4.13. The van der Waals surface area contributed by atoms with Gasteiger partial charge in [-0.25, -0.2) is 4.68 Å². The van der Waals surface area contributed by atoms with E-state index in [0.717, 1.165) is 22.5 Å². The van der Waals surface area contributed by atoms with Crippen LogP contribution in [0.25, 0.3) is 22.7 Å². The highest BCUT2D eigenvalue weighted by molar-refractivity contribution is 5.62. The van der Waals surface area contributed by atoms with Crippen molar-refractivity contribution in [1.82, 2.24) is 25.2 Å². The highest BCUT2D eigenvalue weighted by Crippen LogP contribution is 2.24. The molecule has 0 aliphatic rings. The first-order chi connectivity index (χ1) is 14.0. The summed E-state index contributed by atoms with van der Waals surface area (Å²) in [5.74, 6) is -0.617. The minimum Gasteiger partial charge on any atom is -0.415 e. The number of hydrogen-bond donors (Lipinski definition) is 0. The van der Waals surface area contributed by atoms with Crippen molar-refractivity contribution in [3.05, 3.63) is 66.2 Å². The van der Waals surface area contributed by atoms with Crippen LogP contribution in [-0.4, -0.2) is 39.3 Å². The molecule has 2 aromatic carbocycles. The Bertz CT molecular complexity index is 1090. The maximum atomic E-state index is 12.6. The molecule has 0 atom stereocenters. The lowest BCUT2D eigenvalue weighted by Gasteiger charge is -2.11. The Balaban J connectivity index is 1.45. The SMILES string of the molecule is CN(C)c1ccc(-c2cn(Cc3ccc(-c4nnc(C(F)F)o4)cc3)nn2)cc1. The topological polar surface area (TPSA) is 72.9 Å². The van der Waals surface area contributed by atoms with Crippen molar-refractivity contribution in [3.8, 4) is 22.7 Å². The quantitative estimate of drug-likeness (QED) is 0.490. The average molecular weight is 396 g/mol. The average Bonchev–Trinajstić information content (AvgIpc) is 3.39. The number of rotatable bonds is 6. The molecule has 0 saturated heterocycles. The number of anilines is 1. The van der Waals surface area contributed by atoms with Crippen molar-refractivity contribution in [2.24, 2.45) is 0 Å². The normalized spacial score (nSPS) is 11.2. The van der Waals surface area contributed by atoms with E-state index >= 15 is 0 Å².